The van der Waals surface area contributed by atoms with Gasteiger partial charge < -0.3 is 9.05 Å². The third-order valence-corrected chi connectivity index (χ3v) is 5.70. The molecule has 0 aliphatic carbocycles. The lowest BCUT2D eigenvalue weighted by molar-refractivity contribution is 0.111. The summed E-state index contributed by atoms with van der Waals surface area (Å²) in [6, 6.07) is 0. The molecule has 2 atom stereocenters. The Kier molecular flexibility index (Phi) is 6.18. The molecule has 0 aromatic heterocycles. The Morgan fingerprint density at radius 2 is 1.19 bits per heavy atom. The van der Waals surface area contributed by atoms with Gasteiger partial charge in [0.05, 0.1) is 12.2 Å². The lowest BCUT2D eigenvalue weighted by atomic mass is 10.1. The second-order valence-electron chi connectivity index (χ2n) is 6.50. The van der Waals surface area contributed by atoms with Crippen molar-refractivity contribution in [3.8, 4) is 0 Å². The summed E-state index contributed by atoms with van der Waals surface area (Å²) in [5.41, 5.74) is 0. The molecule has 0 aromatic rings. The highest BCUT2D eigenvalue weighted by atomic mass is 31.1. The van der Waals surface area contributed by atoms with Gasteiger partial charge >= 0.3 is 8.25 Å². The molecule has 0 heterocycles. The monoisotopic (exact) mass is 282 g/mol. The van der Waals surface area contributed by atoms with E-state index in [0.29, 0.717) is 0 Å². The van der Waals surface area contributed by atoms with E-state index >= 15 is 0 Å². The van der Waals surface area contributed by atoms with Crippen molar-refractivity contribution in [3.05, 3.63) is 0 Å². The Hall–Kier alpha value is 0.584. The summed E-state index contributed by atoms with van der Waals surface area (Å²) >= 11 is 0. The molecule has 6 heteroatoms. The van der Waals surface area contributed by atoms with Gasteiger partial charge in [0, 0.05) is 20.5 Å². The van der Waals surface area contributed by atoms with E-state index in [1.54, 1.807) is 0 Å². The fraction of sp³-hybridized carbons (Fsp3) is 1.00. The summed E-state index contributed by atoms with van der Waals surface area (Å²) in [5.74, 6) is 0. The first-order chi connectivity index (χ1) is 6.94. The summed E-state index contributed by atoms with van der Waals surface area (Å²) in [6.45, 7) is 12.4. The Morgan fingerprint density at radius 1 is 0.938 bits per heavy atom. The van der Waals surface area contributed by atoms with Crippen molar-refractivity contribution < 1.29 is 13.6 Å². The van der Waals surface area contributed by atoms with Gasteiger partial charge in [0.25, 0.3) is 0 Å². The smallest absolute Gasteiger partial charge is 0.307 e. The minimum absolute atomic E-state index is 0.00466. The van der Waals surface area contributed by atoms with Crippen molar-refractivity contribution >= 4 is 28.7 Å². The maximum Gasteiger partial charge on any atom is 0.319 e. The molecule has 0 saturated carbocycles. The molecule has 98 valence electrons. The van der Waals surface area contributed by atoms with Crippen molar-refractivity contribution in [1.29, 1.82) is 0 Å². The lowest BCUT2D eigenvalue weighted by Crippen LogP contribution is -2.24. The first-order valence-corrected chi connectivity index (χ1v) is 9.04. The van der Waals surface area contributed by atoms with Gasteiger partial charge in [-0.25, -0.2) is 0 Å². The van der Waals surface area contributed by atoms with Gasteiger partial charge in [0.2, 0.25) is 0 Å². The predicted molar refractivity (Wildman–Crippen MR) is 78.1 cm³/mol. The zero-order valence-electron chi connectivity index (χ0n) is 11.9. The molecule has 0 radical (unpaired) electrons. The molecular formula is C10H27O3PSi2. The van der Waals surface area contributed by atoms with E-state index < -0.39 is 8.25 Å². The molecule has 0 saturated heterocycles. The topological polar surface area (TPSA) is 35.5 Å². The molecule has 16 heavy (non-hydrogen) atoms. The molecule has 3 nitrogen and oxygen atoms in total. The van der Waals surface area contributed by atoms with Crippen LogP contribution in [-0.4, -0.2) is 32.7 Å². The Balaban J connectivity index is 4.21. The summed E-state index contributed by atoms with van der Waals surface area (Å²) in [7, 11) is -0.336. The minimum atomic E-state index is -2.36. The largest absolute Gasteiger partial charge is 0.319 e. The highest BCUT2D eigenvalue weighted by Crippen LogP contribution is 2.40. The maximum absolute atomic E-state index is 11.7. The van der Waals surface area contributed by atoms with Crippen LogP contribution in [0.15, 0.2) is 0 Å². The van der Waals surface area contributed by atoms with Gasteiger partial charge in [-0.3, -0.25) is 4.57 Å². The molecule has 0 aliphatic rings. The minimum Gasteiger partial charge on any atom is -0.307 e. The number of rotatable bonds is 6. The highest BCUT2D eigenvalue weighted by Gasteiger charge is 2.26. The molecule has 0 aliphatic heterocycles. The zero-order chi connectivity index (χ0) is 13.1. The maximum atomic E-state index is 11.7. The molecule has 0 rings (SSSR count). The van der Waals surface area contributed by atoms with Crippen LogP contribution >= 0.6 is 8.25 Å². The van der Waals surface area contributed by atoms with Crippen molar-refractivity contribution in [1.82, 2.24) is 0 Å². The molecule has 0 bridgehead atoms. The molecular weight excluding hydrogens is 255 g/mol. The van der Waals surface area contributed by atoms with E-state index in [-0.39, 0.29) is 22.3 Å². The van der Waals surface area contributed by atoms with Crippen LogP contribution < -0.4 is 0 Å². The highest BCUT2D eigenvalue weighted by molar-refractivity contribution is 7.33. The van der Waals surface area contributed by atoms with Gasteiger partial charge in [-0.1, -0.05) is 27.7 Å². The van der Waals surface area contributed by atoms with Crippen LogP contribution in [0.5, 0.6) is 0 Å². The summed E-state index contributed by atoms with van der Waals surface area (Å²) in [4.78, 5) is 0. The van der Waals surface area contributed by atoms with Gasteiger partial charge in [-0.05, 0) is 23.9 Å². The average molecular weight is 282 g/mol. The molecule has 0 amide bonds. The van der Waals surface area contributed by atoms with E-state index in [1.807, 2.05) is 13.8 Å². The van der Waals surface area contributed by atoms with E-state index in [0.717, 1.165) is 20.5 Å². The Morgan fingerprint density at radius 3 is 1.38 bits per heavy atom. The van der Waals surface area contributed by atoms with Crippen LogP contribution in [-0.2, 0) is 13.6 Å². The van der Waals surface area contributed by atoms with Crippen molar-refractivity contribution in [3.63, 3.8) is 0 Å². The Bertz CT molecular complexity index is 221. The van der Waals surface area contributed by atoms with Gasteiger partial charge in [-0.15, -0.1) is 0 Å². The lowest BCUT2D eigenvalue weighted by Gasteiger charge is -2.30. The van der Waals surface area contributed by atoms with Crippen LogP contribution in [0.2, 0.25) is 10.1 Å². The zero-order valence-corrected chi connectivity index (χ0v) is 16.9. The summed E-state index contributed by atoms with van der Waals surface area (Å²) < 4.78 is 22.6. The van der Waals surface area contributed by atoms with E-state index in [2.05, 4.69) is 27.7 Å². The molecule has 0 spiro atoms. The van der Waals surface area contributed by atoms with E-state index in [9.17, 15) is 4.57 Å². The molecule has 2 unspecified atom stereocenters. The summed E-state index contributed by atoms with van der Waals surface area (Å²) in [5, 5.41) is 0.257. The molecule has 0 aromatic carbocycles. The molecule has 0 fully saturated rings. The van der Waals surface area contributed by atoms with E-state index in [1.165, 1.54) is 0 Å². The fourth-order valence-corrected chi connectivity index (χ4v) is 2.72. The van der Waals surface area contributed by atoms with Crippen LogP contribution in [0, 0.1) is 0 Å². The van der Waals surface area contributed by atoms with Gasteiger partial charge in [0.1, 0.15) is 0 Å². The quantitative estimate of drug-likeness (QED) is 0.544. The van der Waals surface area contributed by atoms with Crippen LogP contribution in [0.4, 0.5) is 0 Å². The molecule has 0 N–H and O–H groups in total. The summed E-state index contributed by atoms with van der Waals surface area (Å²) in [6.07, 6.45) is -0.00932. The Labute approximate surface area is 106 Å². The van der Waals surface area contributed by atoms with Crippen LogP contribution in [0.1, 0.15) is 41.5 Å². The third-order valence-electron chi connectivity index (χ3n) is 2.99. The predicted octanol–water partition coefficient (Wildman–Crippen LogP) is 1.31. The third kappa shape index (κ3) is 6.35. The SMILES string of the molecule is CC(O[PH](=O)OC(C)C(C)(C)[SiH3])C(C)(C)[SiH3]. The number of hydrogen-bond acceptors (Lipinski definition) is 3. The van der Waals surface area contributed by atoms with Crippen LogP contribution in [0.25, 0.3) is 0 Å². The second kappa shape index (κ2) is 5.96. The second-order valence-corrected chi connectivity index (χ2v) is 12.6. The first-order valence-electron chi connectivity index (χ1n) is 5.82. The van der Waals surface area contributed by atoms with Gasteiger partial charge in [-0.2, -0.15) is 0 Å². The fourth-order valence-electron chi connectivity index (χ4n) is 0.670. The van der Waals surface area contributed by atoms with Crippen molar-refractivity contribution in [2.75, 3.05) is 0 Å². The normalized spacial score (nSPS) is 19.6. The van der Waals surface area contributed by atoms with Gasteiger partial charge in [0.15, 0.2) is 0 Å². The van der Waals surface area contributed by atoms with Crippen molar-refractivity contribution in [2.45, 2.75) is 63.8 Å². The van der Waals surface area contributed by atoms with Crippen LogP contribution in [0.3, 0.4) is 0 Å². The van der Waals surface area contributed by atoms with E-state index in [4.69, 9.17) is 9.05 Å². The number of hydrogen-bond donors (Lipinski definition) is 0. The standard InChI is InChI=1S/C10H27O3PSi2/c1-7(9(3,4)15)12-14(11)13-8(2)10(5,6)16/h7-8,14H,1-6,15-16H3. The first kappa shape index (κ1) is 16.6. The average Bonchev–Trinajstić information content (AvgIpc) is 1.99. The van der Waals surface area contributed by atoms with Crippen molar-refractivity contribution in [2.24, 2.45) is 0 Å².